The average Bonchev–Trinajstić information content (AvgIpc) is 2.99. The summed E-state index contributed by atoms with van der Waals surface area (Å²) in [6.45, 7) is 3.93. The second-order valence-electron chi connectivity index (χ2n) is 6.64. The quantitative estimate of drug-likeness (QED) is 0.559. The van der Waals surface area contributed by atoms with Crippen LogP contribution in [0.25, 0.3) is 0 Å². The number of hydrogen-bond acceptors (Lipinski definition) is 5. The molecular formula is C22H23NO5. The van der Waals surface area contributed by atoms with E-state index in [4.69, 9.17) is 9.47 Å². The van der Waals surface area contributed by atoms with Crippen molar-refractivity contribution in [1.29, 1.82) is 0 Å². The molecule has 1 aliphatic rings. The summed E-state index contributed by atoms with van der Waals surface area (Å²) in [5.74, 6) is -0.359. The molecule has 2 aromatic carbocycles. The maximum atomic E-state index is 12.3. The Balaban J connectivity index is 1.53. The summed E-state index contributed by atoms with van der Waals surface area (Å²) >= 11 is 0. The zero-order chi connectivity index (χ0) is 20.1. The Labute approximate surface area is 163 Å². The number of ether oxygens (including phenoxy) is 2. The number of nitrogens with one attached hydrogen (secondary N) is 1. The van der Waals surface area contributed by atoms with Crippen LogP contribution in [0.1, 0.15) is 47.7 Å². The van der Waals surface area contributed by atoms with Crippen LogP contribution in [-0.2, 0) is 20.7 Å². The van der Waals surface area contributed by atoms with E-state index in [2.05, 4.69) is 5.32 Å². The van der Waals surface area contributed by atoms with Crippen LogP contribution in [0, 0.1) is 0 Å². The van der Waals surface area contributed by atoms with Gasteiger partial charge in [-0.25, -0.2) is 0 Å². The molecule has 3 rings (SSSR count). The molecule has 1 N–H and O–H groups in total. The first-order valence-corrected chi connectivity index (χ1v) is 9.34. The van der Waals surface area contributed by atoms with Gasteiger partial charge in [0, 0.05) is 17.7 Å². The molecule has 1 heterocycles. The predicted octanol–water partition coefficient (Wildman–Crippen LogP) is 3.50. The number of fused-ring (bicyclic) bond motifs is 1. The van der Waals surface area contributed by atoms with Crippen molar-refractivity contribution in [2.45, 2.75) is 32.6 Å². The van der Waals surface area contributed by atoms with Crippen molar-refractivity contribution < 1.29 is 23.9 Å². The van der Waals surface area contributed by atoms with Crippen molar-refractivity contribution in [2.75, 3.05) is 18.5 Å². The molecule has 0 saturated carbocycles. The largest absolute Gasteiger partial charge is 0.494 e. The fourth-order valence-corrected chi connectivity index (χ4v) is 3.14. The molecule has 0 unspecified atom stereocenters. The fourth-order valence-electron chi connectivity index (χ4n) is 3.14. The maximum Gasteiger partial charge on any atom is 0.306 e. The van der Waals surface area contributed by atoms with Crippen molar-refractivity contribution in [1.82, 2.24) is 0 Å². The van der Waals surface area contributed by atoms with Gasteiger partial charge in [0.05, 0.1) is 12.5 Å². The van der Waals surface area contributed by atoms with Crippen LogP contribution in [0.2, 0.25) is 0 Å². The number of hydrogen-bond donors (Lipinski definition) is 1. The fraction of sp³-hybridized carbons (Fsp3) is 0.318. The highest BCUT2D eigenvalue weighted by atomic mass is 16.5. The first kappa shape index (κ1) is 19.6. The van der Waals surface area contributed by atoms with E-state index in [9.17, 15) is 14.4 Å². The smallest absolute Gasteiger partial charge is 0.306 e. The summed E-state index contributed by atoms with van der Waals surface area (Å²) in [6, 6.07) is 12.6. The zero-order valence-electron chi connectivity index (χ0n) is 16.0. The van der Waals surface area contributed by atoms with Gasteiger partial charge in [-0.1, -0.05) is 18.2 Å². The summed E-state index contributed by atoms with van der Waals surface area (Å²) in [6.07, 6.45) is 0.643. The molecular weight excluding hydrogens is 358 g/mol. The maximum absolute atomic E-state index is 12.3. The molecule has 0 radical (unpaired) electrons. The molecule has 2 aromatic rings. The molecule has 1 aliphatic heterocycles. The minimum absolute atomic E-state index is 0.0849. The van der Waals surface area contributed by atoms with E-state index >= 15 is 0 Å². The van der Waals surface area contributed by atoms with E-state index in [0.29, 0.717) is 18.6 Å². The summed E-state index contributed by atoms with van der Waals surface area (Å²) in [7, 11) is 0. The lowest BCUT2D eigenvalue weighted by Gasteiger charge is -2.10. The normalized spacial score (nSPS) is 14.9. The number of ketones is 1. The number of anilines is 1. The Bertz CT molecular complexity index is 906. The van der Waals surface area contributed by atoms with Crippen LogP contribution in [0.3, 0.4) is 0 Å². The third-order valence-corrected chi connectivity index (χ3v) is 4.73. The number of carbonyl (C=O) groups excluding carboxylic acids is 3. The highest BCUT2D eigenvalue weighted by Gasteiger charge is 2.27. The van der Waals surface area contributed by atoms with Crippen LogP contribution < -0.4 is 10.1 Å². The van der Waals surface area contributed by atoms with Gasteiger partial charge in [-0.15, -0.1) is 0 Å². The molecule has 0 bridgehead atoms. The highest BCUT2D eigenvalue weighted by molar-refractivity contribution is 6.05. The topological polar surface area (TPSA) is 81.7 Å². The summed E-state index contributed by atoms with van der Waals surface area (Å²) in [5, 5.41) is 2.76. The Hall–Kier alpha value is -3.15. The Kier molecular flexibility index (Phi) is 6.09. The number of amides is 1. The third kappa shape index (κ3) is 4.39. The number of Topliss-reactive ketones (excluding diaryl/α,β-unsaturated/α-hetero) is 1. The van der Waals surface area contributed by atoms with Gasteiger partial charge in [-0.2, -0.15) is 0 Å². The van der Waals surface area contributed by atoms with Crippen LogP contribution in [0.5, 0.6) is 5.75 Å². The number of benzene rings is 2. The van der Waals surface area contributed by atoms with Gasteiger partial charge in [-0.05, 0) is 55.7 Å². The molecule has 0 aromatic heterocycles. The van der Waals surface area contributed by atoms with E-state index in [1.54, 1.807) is 25.1 Å². The van der Waals surface area contributed by atoms with Gasteiger partial charge < -0.3 is 14.8 Å². The second-order valence-corrected chi connectivity index (χ2v) is 6.64. The van der Waals surface area contributed by atoms with E-state index in [-0.39, 0.29) is 30.6 Å². The predicted molar refractivity (Wildman–Crippen MR) is 105 cm³/mol. The molecule has 28 heavy (non-hydrogen) atoms. The van der Waals surface area contributed by atoms with Crippen LogP contribution in [0.15, 0.2) is 42.5 Å². The number of para-hydroxylation sites is 1. The average molecular weight is 381 g/mol. The van der Waals surface area contributed by atoms with Crippen LogP contribution >= 0.6 is 0 Å². The Morgan fingerprint density at radius 3 is 2.71 bits per heavy atom. The van der Waals surface area contributed by atoms with E-state index < -0.39 is 5.97 Å². The molecule has 6 heteroatoms. The lowest BCUT2D eigenvalue weighted by molar-refractivity contribution is -0.142. The number of rotatable bonds is 8. The van der Waals surface area contributed by atoms with Gasteiger partial charge in [0.25, 0.3) is 0 Å². The molecule has 0 fully saturated rings. The molecule has 1 amide bonds. The van der Waals surface area contributed by atoms with Gasteiger partial charge in [-0.3, -0.25) is 14.4 Å². The summed E-state index contributed by atoms with van der Waals surface area (Å²) < 4.78 is 10.7. The van der Waals surface area contributed by atoms with Crippen LogP contribution in [0.4, 0.5) is 5.69 Å². The van der Waals surface area contributed by atoms with Gasteiger partial charge in [0.2, 0.25) is 5.91 Å². The van der Waals surface area contributed by atoms with E-state index in [1.165, 1.54) is 0 Å². The molecule has 0 spiro atoms. The second kappa shape index (κ2) is 8.69. The molecule has 1 atom stereocenters. The third-order valence-electron chi connectivity index (χ3n) is 4.73. The zero-order valence-corrected chi connectivity index (χ0v) is 16.0. The molecule has 146 valence electrons. The van der Waals surface area contributed by atoms with Crippen molar-refractivity contribution >= 4 is 23.3 Å². The molecule has 0 saturated heterocycles. The first-order valence-electron chi connectivity index (χ1n) is 9.34. The first-order chi connectivity index (χ1) is 13.5. The van der Waals surface area contributed by atoms with Gasteiger partial charge in [0.15, 0.2) is 12.4 Å². The van der Waals surface area contributed by atoms with Crippen molar-refractivity contribution in [3.05, 3.63) is 59.2 Å². The molecule has 6 nitrogen and oxygen atoms in total. The minimum Gasteiger partial charge on any atom is -0.494 e. The lowest BCUT2D eigenvalue weighted by atomic mass is 9.99. The van der Waals surface area contributed by atoms with E-state index in [0.717, 1.165) is 22.6 Å². The van der Waals surface area contributed by atoms with Crippen molar-refractivity contribution in [3.63, 3.8) is 0 Å². The van der Waals surface area contributed by atoms with Crippen molar-refractivity contribution in [3.8, 4) is 5.75 Å². The van der Waals surface area contributed by atoms with E-state index in [1.807, 2.05) is 31.2 Å². The van der Waals surface area contributed by atoms with Crippen LogP contribution in [-0.4, -0.2) is 30.9 Å². The van der Waals surface area contributed by atoms with Gasteiger partial charge in [0.1, 0.15) is 5.75 Å². The molecule has 0 aliphatic carbocycles. The number of esters is 1. The summed E-state index contributed by atoms with van der Waals surface area (Å²) in [4.78, 5) is 36.1. The Morgan fingerprint density at radius 1 is 1.14 bits per heavy atom. The highest BCUT2D eigenvalue weighted by Crippen LogP contribution is 2.32. The lowest BCUT2D eigenvalue weighted by Crippen LogP contribution is -2.15. The monoisotopic (exact) mass is 381 g/mol. The van der Waals surface area contributed by atoms with Crippen molar-refractivity contribution in [2.24, 2.45) is 0 Å². The minimum atomic E-state index is -0.439. The number of aryl methyl sites for hydroxylation is 1. The standard InChI is InChI=1S/C22H23NO5/c1-3-27-20-7-5-4-6-15(20)9-11-21(25)28-13-19(24)16-8-10-18-17(12-16)14(2)22(26)23-18/h4-8,10,12,14H,3,9,11,13H2,1-2H3,(H,23,26)/t14-/m1/s1. The number of carbonyl (C=O) groups is 3. The SMILES string of the molecule is CCOc1ccccc1CCC(=O)OCC(=O)c1ccc2c(c1)[C@@H](C)C(=O)N2. The van der Waals surface area contributed by atoms with Gasteiger partial charge >= 0.3 is 5.97 Å². The Morgan fingerprint density at radius 2 is 1.93 bits per heavy atom. The summed E-state index contributed by atoms with van der Waals surface area (Å²) in [5.41, 5.74) is 2.86.